The first-order chi connectivity index (χ1) is 11.0. The predicted octanol–water partition coefficient (Wildman–Crippen LogP) is 1.56. The van der Waals surface area contributed by atoms with E-state index >= 15 is 0 Å². The van der Waals surface area contributed by atoms with E-state index in [9.17, 15) is 4.79 Å². The van der Waals surface area contributed by atoms with Gasteiger partial charge in [-0.15, -0.1) is 10.2 Å². The Morgan fingerprint density at radius 2 is 2.22 bits per heavy atom. The molecule has 3 N–H and O–H groups in total. The van der Waals surface area contributed by atoms with Crippen LogP contribution in [0.1, 0.15) is 6.92 Å². The van der Waals surface area contributed by atoms with E-state index < -0.39 is 0 Å². The number of aromatic nitrogens is 3. The number of nitrogens with two attached hydrogens (primary N) is 1. The SMILES string of the molecule is COC[C@@H](C)NC(=O)CSc1nnc(-c2ccccc2Cl)n1N. The van der Waals surface area contributed by atoms with E-state index in [1.54, 1.807) is 13.2 Å². The van der Waals surface area contributed by atoms with Gasteiger partial charge in [0.2, 0.25) is 11.1 Å². The molecule has 9 heteroatoms. The summed E-state index contributed by atoms with van der Waals surface area (Å²) in [5.74, 6) is 6.51. The van der Waals surface area contributed by atoms with Crippen LogP contribution in [0.2, 0.25) is 5.02 Å². The van der Waals surface area contributed by atoms with Gasteiger partial charge in [-0.3, -0.25) is 4.79 Å². The Balaban J connectivity index is 2.00. The lowest BCUT2D eigenvalue weighted by Crippen LogP contribution is -2.36. The minimum atomic E-state index is -0.123. The molecule has 2 aromatic rings. The quantitative estimate of drug-likeness (QED) is 0.578. The number of nitrogens with one attached hydrogen (secondary N) is 1. The second kappa shape index (κ2) is 8.19. The number of nitrogens with zero attached hydrogens (tertiary/aromatic N) is 3. The molecule has 0 unspecified atom stereocenters. The van der Waals surface area contributed by atoms with E-state index in [0.717, 1.165) is 0 Å². The topological polar surface area (TPSA) is 95.1 Å². The van der Waals surface area contributed by atoms with Crippen LogP contribution in [0, 0.1) is 0 Å². The fourth-order valence-corrected chi connectivity index (χ4v) is 2.83. The van der Waals surface area contributed by atoms with Gasteiger partial charge in [0.1, 0.15) is 0 Å². The number of hydrogen-bond acceptors (Lipinski definition) is 6. The molecule has 0 saturated heterocycles. The number of hydrogen-bond donors (Lipinski definition) is 2. The third kappa shape index (κ3) is 4.60. The zero-order valence-electron chi connectivity index (χ0n) is 12.8. The van der Waals surface area contributed by atoms with Gasteiger partial charge in [0.25, 0.3) is 0 Å². The van der Waals surface area contributed by atoms with Crippen molar-refractivity contribution in [2.75, 3.05) is 25.3 Å². The van der Waals surface area contributed by atoms with E-state index in [1.165, 1.54) is 16.4 Å². The highest BCUT2D eigenvalue weighted by atomic mass is 35.5. The first kappa shape index (κ1) is 17.6. The van der Waals surface area contributed by atoms with Crippen molar-refractivity contribution in [3.63, 3.8) is 0 Å². The summed E-state index contributed by atoms with van der Waals surface area (Å²) >= 11 is 7.34. The standard InChI is InChI=1S/C14H18ClN5O2S/c1-9(7-22-2)17-12(21)8-23-14-19-18-13(20(14)16)10-5-3-4-6-11(10)15/h3-6,9H,7-8,16H2,1-2H3,(H,17,21)/t9-/m1/s1. The summed E-state index contributed by atoms with van der Waals surface area (Å²) in [6.45, 7) is 2.33. The molecule has 0 spiro atoms. The molecule has 0 aliphatic carbocycles. The Kier molecular flexibility index (Phi) is 6.26. The average molecular weight is 356 g/mol. The van der Waals surface area contributed by atoms with Gasteiger partial charge in [0.15, 0.2) is 5.82 Å². The van der Waals surface area contributed by atoms with Crippen LogP contribution in [-0.4, -0.2) is 46.3 Å². The molecule has 1 aromatic carbocycles. The van der Waals surface area contributed by atoms with Crippen molar-refractivity contribution in [3.8, 4) is 11.4 Å². The van der Waals surface area contributed by atoms with Gasteiger partial charge in [-0.1, -0.05) is 35.5 Å². The lowest BCUT2D eigenvalue weighted by atomic mass is 10.2. The summed E-state index contributed by atoms with van der Waals surface area (Å²) in [6, 6.07) is 7.17. The Labute approximate surface area is 143 Å². The first-order valence-electron chi connectivity index (χ1n) is 6.89. The zero-order chi connectivity index (χ0) is 16.8. The van der Waals surface area contributed by atoms with Gasteiger partial charge < -0.3 is 15.9 Å². The molecule has 0 aliphatic rings. The first-order valence-corrected chi connectivity index (χ1v) is 8.25. The number of nitrogen functional groups attached to an aromatic ring is 1. The number of rotatable bonds is 7. The van der Waals surface area contributed by atoms with E-state index in [4.69, 9.17) is 22.2 Å². The smallest absolute Gasteiger partial charge is 0.230 e. The van der Waals surface area contributed by atoms with Crippen LogP contribution < -0.4 is 11.2 Å². The van der Waals surface area contributed by atoms with Crippen molar-refractivity contribution in [2.45, 2.75) is 18.1 Å². The van der Waals surface area contributed by atoms with Gasteiger partial charge in [-0.2, -0.15) is 0 Å². The van der Waals surface area contributed by atoms with Crippen LogP contribution >= 0.6 is 23.4 Å². The lowest BCUT2D eigenvalue weighted by Gasteiger charge is -2.12. The molecular weight excluding hydrogens is 338 g/mol. The summed E-state index contributed by atoms with van der Waals surface area (Å²) in [7, 11) is 1.59. The normalized spacial score (nSPS) is 12.1. The Bertz CT molecular complexity index is 679. The Morgan fingerprint density at radius 3 is 2.91 bits per heavy atom. The van der Waals surface area contributed by atoms with E-state index in [1.807, 2.05) is 25.1 Å². The third-order valence-electron chi connectivity index (χ3n) is 2.94. The number of benzene rings is 1. The maximum absolute atomic E-state index is 11.8. The molecule has 0 bridgehead atoms. The van der Waals surface area contributed by atoms with Gasteiger partial charge in [0.05, 0.1) is 17.4 Å². The molecule has 23 heavy (non-hydrogen) atoms. The zero-order valence-corrected chi connectivity index (χ0v) is 14.4. The van der Waals surface area contributed by atoms with Crippen molar-refractivity contribution in [1.82, 2.24) is 20.2 Å². The van der Waals surface area contributed by atoms with Crippen LogP contribution in [0.4, 0.5) is 0 Å². The summed E-state index contributed by atoms with van der Waals surface area (Å²) in [6.07, 6.45) is 0. The molecule has 1 heterocycles. The minimum Gasteiger partial charge on any atom is -0.383 e. The van der Waals surface area contributed by atoms with Gasteiger partial charge in [-0.25, -0.2) is 4.68 Å². The van der Waals surface area contributed by atoms with E-state index in [0.29, 0.717) is 28.2 Å². The van der Waals surface area contributed by atoms with Crippen LogP contribution in [0.15, 0.2) is 29.4 Å². The second-order valence-electron chi connectivity index (χ2n) is 4.87. The van der Waals surface area contributed by atoms with Crippen LogP contribution in [0.3, 0.4) is 0 Å². The second-order valence-corrected chi connectivity index (χ2v) is 6.22. The molecule has 0 aliphatic heterocycles. The summed E-state index contributed by atoms with van der Waals surface area (Å²) in [5, 5.41) is 11.8. The number of ether oxygens (including phenoxy) is 1. The molecule has 2 rings (SSSR count). The number of thioether (sulfide) groups is 1. The number of carbonyl (C=O) groups is 1. The lowest BCUT2D eigenvalue weighted by molar-refractivity contribution is -0.119. The summed E-state index contributed by atoms with van der Waals surface area (Å²) in [4.78, 5) is 11.8. The molecule has 1 aromatic heterocycles. The van der Waals surface area contributed by atoms with E-state index in [2.05, 4.69) is 15.5 Å². The number of halogens is 1. The van der Waals surface area contributed by atoms with Gasteiger partial charge in [-0.05, 0) is 19.1 Å². The molecular formula is C14H18ClN5O2S. The van der Waals surface area contributed by atoms with Gasteiger partial charge >= 0.3 is 0 Å². The van der Waals surface area contributed by atoms with Crippen LogP contribution in [0.5, 0.6) is 0 Å². The van der Waals surface area contributed by atoms with Crippen molar-refractivity contribution >= 4 is 29.3 Å². The molecule has 124 valence electrons. The minimum absolute atomic E-state index is 0.0532. The Morgan fingerprint density at radius 1 is 1.48 bits per heavy atom. The number of carbonyl (C=O) groups excluding carboxylic acids is 1. The van der Waals surface area contributed by atoms with Crippen molar-refractivity contribution < 1.29 is 9.53 Å². The van der Waals surface area contributed by atoms with Gasteiger partial charge in [0, 0.05) is 18.7 Å². The monoisotopic (exact) mass is 355 g/mol. The molecule has 1 amide bonds. The molecule has 0 saturated carbocycles. The van der Waals surface area contributed by atoms with Crippen molar-refractivity contribution in [3.05, 3.63) is 29.3 Å². The average Bonchev–Trinajstić information content (AvgIpc) is 2.87. The summed E-state index contributed by atoms with van der Waals surface area (Å²) < 4.78 is 6.30. The fourth-order valence-electron chi connectivity index (χ4n) is 1.94. The number of amides is 1. The van der Waals surface area contributed by atoms with E-state index in [-0.39, 0.29) is 17.7 Å². The fraction of sp³-hybridized carbons (Fsp3) is 0.357. The molecule has 0 fully saturated rings. The highest BCUT2D eigenvalue weighted by Crippen LogP contribution is 2.27. The van der Waals surface area contributed by atoms with Crippen molar-refractivity contribution in [1.29, 1.82) is 0 Å². The van der Waals surface area contributed by atoms with Crippen LogP contribution in [0.25, 0.3) is 11.4 Å². The third-order valence-corrected chi connectivity index (χ3v) is 4.21. The van der Waals surface area contributed by atoms with Crippen molar-refractivity contribution in [2.24, 2.45) is 0 Å². The highest BCUT2D eigenvalue weighted by Gasteiger charge is 2.16. The largest absolute Gasteiger partial charge is 0.383 e. The predicted molar refractivity (Wildman–Crippen MR) is 90.8 cm³/mol. The molecule has 7 nitrogen and oxygen atoms in total. The van der Waals surface area contributed by atoms with Crippen LogP contribution in [-0.2, 0) is 9.53 Å². The summed E-state index contributed by atoms with van der Waals surface area (Å²) in [5.41, 5.74) is 0.689. The maximum Gasteiger partial charge on any atom is 0.230 e. The number of methoxy groups -OCH3 is 1. The highest BCUT2D eigenvalue weighted by molar-refractivity contribution is 7.99. The molecule has 0 radical (unpaired) electrons. The Hall–Kier alpha value is -1.77. The maximum atomic E-state index is 11.8. The molecule has 1 atom stereocenters.